The van der Waals surface area contributed by atoms with E-state index in [4.69, 9.17) is 5.73 Å². The molecule has 1 unspecified atom stereocenters. The maximum absolute atomic E-state index is 10.6. The van der Waals surface area contributed by atoms with Gasteiger partial charge in [-0.3, -0.25) is 4.79 Å². The molecule has 0 saturated heterocycles. The number of nitrogens with two attached hydrogens (primary N) is 1. The third kappa shape index (κ3) is 4.91. The van der Waals surface area contributed by atoms with Crippen molar-refractivity contribution in [2.75, 3.05) is 0 Å². The van der Waals surface area contributed by atoms with Crippen molar-refractivity contribution in [1.82, 2.24) is 0 Å². The van der Waals surface area contributed by atoms with Gasteiger partial charge in [-0.25, -0.2) is 0 Å². The van der Waals surface area contributed by atoms with Gasteiger partial charge in [0.2, 0.25) is 5.91 Å². The largest absolute Gasteiger partial charge is 0.389 e. The van der Waals surface area contributed by atoms with Gasteiger partial charge >= 0.3 is 0 Å². The average Bonchev–Trinajstić information content (AvgIpc) is 1.84. The summed E-state index contributed by atoms with van der Waals surface area (Å²) in [4.78, 5) is 10.6. The van der Waals surface area contributed by atoms with Gasteiger partial charge in [-0.1, -0.05) is 13.8 Å². The molecule has 0 aliphatic carbocycles. The van der Waals surface area contributed by atoms with Gasteiger partial charge < -0.3 is 10.8 Å². The molecule has 70 valence electrons. The number of aliphatic hydroxyl groups is 1. The summed E-state index contributed by atoms with van der Waals surface area (Å²) in [5, 5.41) is 9.35. The molecule has 0 aromatic carbocycles. The Morgan fingerprint density at radius 1 is 1.58 bits per heavy atom. The summed E-state index contributed by atoms with van der Waals surface area (Å²) in [6.45, 7) is 5.62. The second-order valence-corrected chi connectivity index (χ2v) is 3.41. The van der Waals surface area contributed by atoms with E-state index in [1.165, 1.54) is 6.08 Å². The number of hydrogen-bond acceptors (Lipinski definition) is 2. The molecule has 3 N–H and O–H groups in total. The van der Waals surface area contributed by atoms with E-state index >= 15 is 0 Å². The Balaban J connectivity index is 4.05. The Labute approximate surface area is 73.3 Å². The van der Waals surface area contributed by atoms with Gasteiger partial charge in [0.05, 0.1) is 6.10 Å². The normalized spacial score (nSPS) is 14.9. The van der Waals surface area contributed by atoms with Crippen LogP contribution in [0, 0.1) is 5.92 Å². The van der Waals surface area contributed by atoms with E-state index < -0.39 is 12.0 Å². The van der Waals surface area contributed by atoms with E-state index in [1.54, 1.807) is 6.92 Å². The number of amides is 1. The maximum atomic E-state index is 10.6. The fourth-order valence-electron chi connectivity index (χ4n) is 0.922. The van der Waals surface area contributed by atoms with Crippen molar-refractivity contribution in [1.29, 1.82) is 0 Å². The summed E-state index contributed by atoms with van der Waals surface area (Å²) in [6.07, 6.45) is 1.60. The van der Waals surface area contributed by atoms with Crippen LogP contribution in [0.25, 0.3) is 0 Å². The summed E-state index contributed by atoms with van der Waals surface area (Å²) >= 11 is 0. The van der Waals surface area contributed by atoms with Crippen molar-refractivity contribution in [3.8, 4) is 0 Å². The number of rotatable bonds is 4. The van der Waals surface area contributed by atoms with Crippen molar-refractivity contribution >= 4 is 5.91 Å². The molecule has 1 amide bonds. The Morgan fingerprint density at radius 3 is 2.42 bits per heavy atom. The maximum Gasteiger partial charge on any atom is 0.244 e. The molecular weight excluding hydrogens is 154 g/mol. The molecule has 0 bridgehead atoms. The fraction of sp³-hybridized carbons (Fsp3) is 0.667. The van der Waals surface area contributed by atoms with Crippen LogP contribution in [0.15, 0.2) is 11.6 Å². The van der Waals surface area contributed by atoms with Crippen LogP contribution in [0.1, 0.15) is 27.2 Å². The third-order valence-electron chi connectivity index (χ3n) is 1.54. The first-order chi connectivity index (χ1) is 5.43. The fourth-order valence-corrected chi connectivity index (χ4v) is 0.922. The molecule has 0 fully saturated rings. The summed E-state index contributed by atoms with van der Waals surface area (Å²) in [5.41, 5.74) is 5.42. The Hall–Kier alpha value is -0.830. The minimum absolute atomic E-state index is 0.414. The van der Waals surface area contributed by atoms with Gasteiger partial charge in [0.15, 0.2) is 0 Å². The van der Waals surface area contributed by atoms with Gasteiger partial charge in [0.1, 0.15) is 0 Å². The molecule has 0 aliphatic rings. The predicted molar refractivity (Wildman–Crippen MR) is 48.4 cm³/mol. The first kappa shape index (κ1) is 11.2. The topological polar surface area (TPSA) is 63.3 Å². The monoisotopic (exact) mass is 171 g/mol. The second kappa shape index (κ2) is 4.93. The van der Waals surface area contributed by atoms with Gasteiger partial charge in [-0.2, -0.15) is 0 Å². The number of hydrogen-bond donors (Lipinski definition) is 2. The summed E-state index contributed by atoms with van der Waals surface area (Å²) in [5.74, 6) is -0.0604. The van der Waals surface area contributed by atoms with E-state index in [0.29, 0.717) is 17.9 Å². The van der Waals surface area contributed by atoms with Crippen LogP contribution in [0.5, 0.6) is 0 Å². The minimum atomic E-state index is -0.558. The smallest absolute Gasteiger partial charge is 0.244 e. The highest BCUT2D eigenvalue weighted by atomic mass is 16.3. The lowest BCUT2D eigenvalue weighted by atomic mass is 10.0. The van der Waals surface area contributed by atoms with Crippen LogP contribution in [-0.2, 0) is 4.79 Å². The predicted octanol–water partition coefficient (Wildman–Crippen LogP) is 0.825. The Kier molecular flexibility index (Phi) is 4.59. The van der Waals surface area contributed by atoms with E-state index in [2.05, 4.69) is 0 Å². The van der Waals surface area contributed by atoms with Crippen LogP contribution in [0.2, 0.25) is 0 Å². The highest BCUT2D eigenvalue weighted by Crippen LogP contribution is 2.07. The van der Waals surface area contributed by atoms with Crippen molar-refractivity contribution in [2.45, 2.75) is 33.3 Å². The highest BCUT2D eigenvalue weighted by molar-refractivity contribution is 5.91. The molecule has 0 aromatic heterocycles. The molecule has 0 saturated carbocycles. The molecule has 3 nitrogen and oxygen atoms in total. The number of carbonyl (C=O) groups excluding carboxylic acids is 1. The zero-order valence-corrected chi connectivity index (χ0v) is 7.87. The van der Waals surface area contributed by atoms with Crippen molar-refractivity contribution < 1.29 is 9.90 Å². The lowest BCUT2D eigenvalue weighted by molar-refractivity contribution is -0.114. The van der Waals surface area contributed by atoms with Crippen molar-refractivity contribution in [3.05, 3.63) is 11.6 Å². The second-order valence-electron chi connectivity index (χ2n) is 3.41. The lowest BCUT2D eigenvalue weighted by Gasteiger charge is -2.08. The summed E-state index contributed by atoms with van der Waals surface area (Å²) < 4.78 is 0. The molecule has 0 heterocycles. The third-order valence-corrected chi connectivity index (χ3v) is 1.54. The van der Waals surface area contributed by atoms with E-state index in [0.717, 1.165) is 0 Å². The van der Waals surface area contributed by atoms with Crippen molar-refractivity contribution in [3.63, 3.8) is 0 Å². The Morgan fingerprint density at radius 2 is 2.08 bits per heavy atom. The van der Waals surface area contributed by atoms with Crippen molar-refractivity contribution in [2.24, 2.45) is 11.7 Å². The highest BCUT2D eigenvalue weighted by Gasteiger charge is 2.05. The summed E-state index contributed by atoms with van der Waals surface area (Å²) in [6, 6.07) is 0. The van der Waals surface area contributed by atoms with Crippen LogP contribution < -0.4 is 5.73 Å². The number of carbonyl (C=O) groups is 1. The van der Waals surface area contributed by atoms with Crippen LogP contribution in [-0.4, -0.2) is 17.1 Å². The van der Waals surface area contributed by atoms with Crippen LogP contribution in [0.4, 0.5) is 0 Å². The zero-order valence-electron chi connectivity index (χ0n) is 7.87. The SMILES string of the molecule is C/C(=C/C(O)CC(C)C)C(N)=O. The molecule has 0 radical (unpaired) electrons. The van der Waals surface area contributed by atoms with Crippen LogP contribution in [0.3, 0.4) is 0 Å². The van der Waals surface area contributed by atoms with Gasteiger partial charge in [0.25, 0.3) is 0 Å². The van der Waals surface area contributed by atoms with Gasteiger partial charge in [-0.15, -0.1) is 0 Å². The molecule has 3 heteroatoms. The minimum Gasteiger partial charge on any atom is -0.389 e. The first-order valence-electron chi connectivity index (χ1n) is 4.09. The molecule has 0 aliphatic heterocycles. The number of primary amides is 1. The van der Waals surface area contributed by atoms with E-state index in [9.17, 15) is 9.90 Å². The molecule has 0 rings (SSSR count). The number of aliphatic hydroxyl groups excluding tert-OH is 1. The summed E-state index contributed by atoms with van der Waals surface area (Å²) in [7, 11) is 0. The van der Waals surface area contributed by atoms with E-state index in [-0.39, 0.29) is 0 Å². The van der Waals surface area contributed by atoms with Gasteiger partial charge in [-0.05, 0) is 25.3 Å². The quantitative estimate of drug-likeness (QED) is 0.615. The molecule has 12 heavy (non-hydrogen) atoms. The molecule has 1 atom stereocenters. The molecule has 0 spiro atoms. The first-order valence-corrected chi connectivity index (χ1v) is 4.09. The molecule has 0 aromatic rings. The zero-order chi connectivity index (χ0) is 9.72. The molecular formula is C9H17NO2. The van der Waals surface area contributed by atoms with E-state index in [1.807, 2.05) is 13.8 Å². The lowest BCUT2D eigenvalue weighted by Crippen LogP contribution is -2.15. The Bertz CT molecular complexity index is 185. The standard InChI is InChI=1S/C9H17NO2/c1-6(2)4-8(11)5-7(3)9(10)12/h5-6,8,11H,4H2,1-3H3,(H2,10,12)/b7-5-. The van der Waals surface area contributed by atoms with Crippen LogP contribution >= 0.6 is 0 Å². The average molecular weight is 171 g/mol. The van der Waals surface area contributed by atoms with Gasteiger partial charge in [0, 0.05) is 5.57 Å².